The first kappa shape index (κ1) is 11.8. The monoisotopic (exact) mass is 296 g/mol. The summed E-state index contributed by atoms with van der Waals surface area (Å²) in [6, 6.07) is 7.48. The van der Waals surface area contributed by atoms with Crippen molar-refractivity contribution in [3.8, 4) is 11.4 Å². The molecule has 17 heavy (non-hydrogen) atoms. The second kappa shape index (κ2) is 5.09. The molecule has 0 unspecified atom stereocenters. The molecule has 0 aliphatic carbocycles. The van der Waals surface area contributed by atoms with E-state index >= 15 is 0 Å². The highest BCUT2D eigenvalue weighted by Crippen LogP contribution is 2.19. The topological polar surface area (TPSA) is 65.2 Å². The minimum absolute atomic E-state index is 0.0139. The highest BCUT2D eigenvalue weighted by molar-refractivity contribution is 9.10. The van der Waals surface area contributed by atoms with E-state index in [1.165, 1.54) is 7.11 Å². The molecular weight excluding hydrogens is 288 g/mol. The molecule has 0 fully saturated rings. The fraction of sp³-hybridized carbons (Fsp3) is 0.182. The highest BCUT2D eigenvalue weighted by atomic mass is 79.9. The maximum Gasteiger partial charge on any atom is 0.315 e. The number of nitrogens with zero attached hydrogens (tertiary/aromatic N) is 2. The summed E-state index contributed by atoms with van der Waals surface area (Å²) < 4.78 is 10.4. The second-order valence-corrected chi connectivity index (χ2v) is 4.19. The normalized spacial score (nSPS) is 10.2. The molecular formula is C11H9BrN2O3. The number of halogens is 1. The molecule has 6 heteroatoms. The molecule has 0 aliphatic rings. The molecule has 1 aromatic heterocycles. The smallest absolute Gasteiger partial charge is 0.315 e. The van der Waals surface area contributed by atoms with Gasteiger partial charge in [-0.05, 0) is 24.3 Å². The SMILES string of the molecule is COC(=O)Cc1nc(-c2ccc(Br)cc2)no1. The van der Waals surface area contributed by atoms with Crippen LogP contribution in [0.1, 0.15) is 5.89 Å². The summed E-state index contributed by atoms with van der Waals surface area (Å²) in [7, 11) is 1.31. The van der Waals surface area contributed by atoms with E-state index in [2.05, 4.69) is 30.8 Å². The molecule has 0 saturated carbocycles. The first-order valence-electron chi connectivity index (χ1n) is 4.84. The summed E-state index contributed by atoms with van der Waals surface area (Å²) in [5, 5.41) is 3.79. The van der Waals surface area contributed by atoms with Gasteiger partial charge in [0.05, 0.1) is 7.11 Å². The Morgan fingerprint density at radius 3 is 2.76 bits per heavy atom. The zero-order valence-electron chi connectivity index (χ0n) is 9.01. The number of benzene rings is 1. The van der Waals surface area contributed by atoms with Gasteiger partial charge in [-0.25, -0.2) is 0 Å². The van der Waals surface area contributed by atoms with Gasteiger partial charge in [-0.2, -0.15) is 4.98 Å². The van der Waals surface area contributed by atoms with Crippen molar-refractivity contribution < 1.29 is 14.1 Å². The molecule has 0 atom stereocenters. The Bertz CT molecular complexity index is 522. The number of ether oxygens (including phenoxy) is 1. The average molecular weight is 297 g/mol. The van der Waals surface area contributed by atoms with Crippen LogP contribution >= 0.6 is 15.9 Å². The third kappa shape index (κ3) is 2.91. The standard InChI is InChI=1S/C11H9BrN2O3/c1-16-10(15)6-9-13-11(14-17-9)7-2-4-8(12)5-3-7/h2-5H,6H2,1H3. The molecule has 88 valence electrons. The van der Waals surface area contributed by atoms with Crippen molar-refractivity contribution >= 4 is 21.9 Å². The van der Waals surface area contributed by atoms with E-state index in [1.54, 1.807) is 0 Å². The summed E-state index contributed by atoms with van der Waals surface area (Å²) in [4.78, 5) is 15.1. The second-order valence-electron chi connectivity index (χ2n) is 3.27. The summed E-state index contributed by atoms with van der Waals surface area (Å²) in [6.07, 6.45) is -0.0139. The van der Waals surface area contributed by atoms with Gasteiger partial charge in [0.1, 0.15) is 6.42 Å². The lowest BCUT2D eigenvalue weighted by Gasteiger charge is -1.93. The number of hydrogen-bond acceptors (Lipinski definition) is 5. The lowest BCUT2D eigenvalue weighted by Crippen LogP contribution is -2.04. The van der Waals surface area contributed by atoms with Crippen LogP contribution in [0.3, 0.4) is 0 Å². The van der Waals surface area contributed by atoms with E-state index in [-0.39, 0.29) is 12.3 Å². The van der Waals surface area contributed by atoms with E-state index in [9.17, 15) is 4.79 Å². The molecule has 0 N–H and O–H groups in total. The lowest BCUT2D eigenvalue weighted by molar-refractivity contribution is -0.140. The number of carbonyl (C=O) groups excluding carboxylic acids is 1. The van der Waals surface area contributed by atoms with Crippen molar-refractivity contribution in [1.82, 2.24) is 10.1 Å². The van der Waals surface area contributed by atoms with Crippen molar-refractivity contribution in [2.24, 2.45) is 0 Å². The van der Waals surface area contributed by atoms with Crippen molar-refractivity contribution in [3.05, 3.63) is 34.6 Å². The Balaban J connectivity index is 2.18. The van der Waals surface area contributed by atoms with E-state index < -0.39 is 5.97 Å². The van der Waals surface area contributed by atoms with Crippen LogP contribution in [0.4, 0.5) is 0 Å². The van der Waals surface area contributed by atoms with Crippen LogP contribution in [0, 0.1) is 0 Å². The zero-order valence-corrected chi connectivity index (χ0v) is 10.6. The highest BCUT2D eigenvalue weighted by Gasteiger charge is 2.12. The molecule has 0 spiro atoms. The van der Waals surface area contributed by atoms with E-state index in [4.69, 9.17) is 4.52 Å². The largest absolute Gasteiger partial charge is 0.469 e. The Morgan fingerprint density at radius 2 is 2.12 bits per heavy atom. The van der Waals surface area contributed by atoms with Gasteiger partial charge in [0.25, 0.3) is 0 Å². The number of carbonyl (C=O) groups is 1. The molecule has 1 heterocycles. The predicted octanol–water partition coefficient (Wildman–Crippen LogP) is 2.21. The quantitative estimate of drug-likeness (QED) is 0.813. The van der Waals surface area contributed by atoms with E-state index in [1.807, 2.05) is 24.3 Å². The maximum absolute atomic E-state index is 11.0. The number of rotatable bonds is 3. The Hall–Kier alpha value is -1.69. The molecule has 5 nitrogen and oxygen atoms in total. The fourth-order valence-electron chi connectivity index (χ4n) is 1.24. The minimum Gasteiger partial charge on any atom is -0.469 e. The van der Waals surface area contributed by atoms with Crippen LogP contribution in [-0.2, 0) is 16.0 Å². The maximum atomic E-state index is 11.0. The van der Waals surface area contributed by atoms with Crippen LogP contribution in [-0.4, -0.2) is 23.2 Å². The zero-order chi connectivity index (χ0) is 12.3. The van der Waals surface area contributed by atoms with Crippen LogP contribution < -0.4 is 0 Å². The van der Waals surface area contributed by atoms with Crippen molar-refractivity contribution in [2.75, 3.05) is 7.11 Å². The number of methoxy groups -OCH3 is 1. The first-order chi connectivity index (χ1) is 8.19. The lowest BCUT2D eigenvalue weighted by atomic mass is 10.2. The van der Waals surface area contributed by atoms with Gasteiger partial charge in [-0.15, -0.1) is 0 Å². The molecule has 0 radical (unpaired) electrons. The van der Waals surface area contributed by atoms with E-state index in [0.717, 1.165) is 10.0 Å². The van der Waals surface area contributed by atoms with Crippen molar-refractivity contribution in [3.63, 3.8) is 0 Å². The minimum atomic E-state index is -0.406. The van der Waals surface area contributed by atoms with Crippen LogP contribution in [0.2, 0.25) is 0 Å². The molecule has 0 bridgehead atoms. The number of hydrogen-bond donors (Lipinski definition) is 0. The third-order valence-corrected chi connectivity index (χ3v) is 2.62. The van der Waals surface area contributed by atoms with Gasteiger partial charge in [0.2, 0.25) is 11.7 Å². The van der Waals surface area contributed by atoms with Crippen molar-refractivity contribution in [2.45, 2.75) is 6.42 Å². The van der Waals surface area contributed by atoms with E-state index in [0.29, 0.717) is 5.82 Å². The number of aromatic nitrogens is 2. The molecule has 1 aromatic carbocycles. The molecule has 0 saturated heterocycles. The Kier molecular flexibility index (Phi) is 3.53. The molecule has 2 aromatic rings. The number of esters is 1. The van der Waals surface area contributed by atoms with Gasteiger partial charge < -0.3 is 9.26 Å². The van der Waals surface area contributed by atoms with Gasteiger partial charge in [0, 0.05) is 10.0 Å². The van der Waals surface area contributed by atoms with Crippen molar-refractivity contribution in [1.29, 1.82) is 0 Å². The Labute approximate surface area is 106 Å². The molecule has 0 amide bonds. The Morgan fingerprint density at radius 1 is 1.41 bits per heavy atom. The van der Waals surface area contributed by atoms with Gasteiger partial charge in [-0.3, -0.25) is 4.79 Å². The van der Waals surface area contributed by atoms with Crippen LogP contribution in [0.15, 0.2) is 33.3 Å². The van der Waals surface area contributed by atoms with Crippen LogP contribution in [0.25, 0.3) is 11.4 Å². The molecule has 0 aliphatic heterocycles. The summed E-state index contributed by atoms with van der Waals surface area (Å²) in [5.41, 5.74) is 0.827. The first-order valence-corrected chi connectivity index (χ1v) is 5.63. The van der Waals surface area contributed by atoms with Gasteiger partial charge in [0.15, 0.2) is 0 Å². The fourth-order valence-corrected chi connectivity index (χ4v) is 1.50. The molecule has 2 rings (SSSR count). The van der Waals surface area contributed by atoms with Gasteiger partial charge in [-0.1, -0.05) is 21.1 Å². The summed E-state index contributed by atoms with van der Waals surface area (Å²) in [5.74, 6) is 0.294. The average Bonchev–Trinajstić information content (AvgIpc) is 2.78. The van der Waals surface area contributed by atoms with Crippen LogP contribution in [0.5, 0.6) is 0 Å². The van der Waals surface area contributed by atoms with Gasteiger partial charge >= 0.3 is 5.97 Å². The summed E-state index contributed by atoms with van der Waals surface area (Å²) >= 11 is 3.34. The third-order valence-electron chi connectivity index (χ3n) is 2.09. The predicted molar refractivity (Wildman–Crippen MR) is 63.2 cm³/mol. The summed E-state index contributed by atoms with van der Waals surface area (Å²) in [6.45, 7) is 0.